The number of pyridine rings is 2. The molecule has 0 saturated carbocycles. The summed E-state index contributed by atoms with van der Waals surface area (Å²) in [7, 11) is 0. The van der Waals surface area contributed by atoms with Crippen molar-refractivity contribution in [3.8, 4) is 11.4 Å². The average molecular weight is 245 g/mol. The van der Waals surface area contributed by atoms with Gasteiger partial charge < -0.3 is 0 Å². The largest absolute Gasteiger partial charge is 0.282 e. The van der Waals surface area contributed by atoms with Crippen molar-refractivity contribution in [2.24, 2.45) is 0 Å². The van der Waals surface area contributed by atoms with Crippen molar-refractivity contribution in [3.63, 3.8) is 0 Å². The van der Waals surface area contributed by atoms with Crippen molar-refractivity contribution < 1.29 is 0 Å². The molecule has 17 heavy (non-hydrogen) atoms. The first kappa shape index (κ1) is 10.2. The van der Waals surface area contributed by atoms with Crippen LogP contribution < -0.4 is 0 Å². The number of fused-ring (bicyclic) bond motifs is 1. The highest BCUT2D eigenvalue weighted by atomic mass is 35.5. The molecule has 0 bridgehead atoms. The van der Waals surface area contributed by atoms with Crippen molar-refractivity contribution in [2.75, 3.05) is 0 Å². The lowest BCUT2D eigenvalue weighted by molar-refractivity contribution is 1.11. The van der Waals surface area contributed by atoms with E-state index in [1.54, 1.807) is 12.4 Å². The summed E-state index contributed by atoms with van der Waals surface area (Å²) in [6.07, 6.45) is 5.24. The molecule has 4 nitrogen and oxygen atoms in total. The average Bonchev–Trinajstić information content (AvgIpc) is 2.72. The smallest absolute Gasteiger partial charge is 0.169 e. The van der Waals surface area contributed by atoms with Gasteiger partial charge >= 0.3 is 0 Å². The van der Waals surface area contributed by atoms with E-state index in [9.17, 15) is 0 Å². The van der Waals surface area contributed by atoms with E-state index in [1.807, 2.05) is 35.7 Å². The predicted molar refractivity (Wildman–Crippen MR) is 66.0 cm³/mol. The minimum atomic E-state index is 0.572. The van der Waals surface area contributed by atoms with Crippen LogP contribution in [0, 0.1) is 6.92 Å². The molecule has 5 heteroatoms. The molecule has 0 atom stereocenters. The zero-order valence-electron chi connectivity index (χ0n) is 9.13. The van der Waals surface area contributed by atoms with Crippen molar-refractivity contribution in [2.45, 2.75) is 6.92 Å². The molecule has 3 aromatic rings. The van der Waals surface area contributed by atoms with E-state index < -0.39 is 0 Å². The number of aryl methyl sites for hydroxylation is 1. The van der Waals surface area contributed by atoms with Crippen LogP contribution in [0.5, 0.6) is 0 Å². The van der Waals surface area contributed by atoms with Crippen molar-refractivity contribution >= 4 is 17.2 Å². The second-order valence-electron chi connectivity index (χ2n) is 3.81. The van der Waals surface area contributed by atoms with Gasteiger partial charge in [-0.1, -0.05) is 11.6 Å². The lowest BCUT2D eigenvalue weighted by Crippen LogP contribution is -1.90. The van der Waals surface area contributed by atoms with Crippen LogP contribution >= 0.6 is 11.6 Å². The Bertz CT molecular complexity index is 690. The molecule has 0 aliphatic rings. The van der Waals surface area contributed by atoms with Crippen LogP contribution in [0.2, 0.25) is 5.02 Å². The third kappa shape index (κ3) is 1.66. The van der Waals surface area contributed by atoms with Crippen LogP contribution in [0.15, 0.2) is 36.8 Å². The highest BCUT2D eigenvalue weighted by molar-refractivity contribution is 6.33. The standard InChI is InChI=1S/C12H9ClN4/c1-8-3-5-17-11(6-8)15-16-12(17)9-2-4-14-7-10(9)13/h2-7H,1H3. The number of hydrogen-bond acceptors (Lipinski definition) is 3. The Labute approximate surface area is 103 Å². The Morgan fingerprint density at radius 1 is 1.24 bits per heavy atom. The van der Waals surface area contributed by atoms with E-state index in [0.29, 0.717) is 5.02 Å². The first-order valence-corrected chi connectivity index (χ1v) is 5.55. The van der Waals surface area contributed by atoms with E-state index in [0.717, 1.165) is 22.6 Å². The Kier molecular flexibility index (Phi) is 2.30. The van der Waals surface area contributed by atoms with Gasteiger partial charge in [0.1, 0.15) is 0 Å². The molecular formula is C12H9ClN4. The van der Waals surface area contributed by atoms with E-state index in [4.69, 9.17) is 11.6 Å². The van der Waals surface area contributed by atoms with E-state index in [-0.39, 0.29) is 0 Å². The molecule has 3 heterocycles. The molecule has 0 amide bonds. The maximum atomic E-state index is 6.10. The van der Waals surface area contributed by atoms with Gasteiger partial charge in [0.05, 0.1) is 5.02 Å². The van der Waals surface area contributed by atoms with Crippen molar-refractivity contribution in [1.29, 1.82) is 0 Å². The van der Waals surface area contributed by atoms with Gasteiger partial charge in [-0.2, -0.15) is 0 Å². The summed E-state index contributed by atoms with van der Waals surface area (Å²) in [6.45, 7) is 2.02. The number of hydrogen-bond donors (Lipinski definition) is 0. The Hall–Kier alpha value is -1.94. The number of rotatable bonds is 1. The Morgan fingerprint density at radius 3 is 2.94 bits per heavy atom. The predicted octanol–water partition coefficient (Wildman–Crippen LogP) is 2.75. The zero-order valence-corrected chi connectivity index (χ0v) is 9.89. The number of nitrogens with zero attached hydrogens (tertiary/aromatic N) is 4. The maximum Gasteiger partial charge on any atom is 0.169 e. The molecule has 0 N–H and O–H groups in total. The summed E-state index contributed by atoms with van der Waals surface area (Å²) in [6, 6.07) is 5.82. The highest BCUT2D eigenvalue weighted by Crippen LogP contribution is 2.25. The molecule has 3 rings (SSSR count). The molecule has 0 fully saturated rings. The van der Waals surface area contributed by atoms with Gasteiger partial charge in [-0.25, -0.2) is 0 Å². The van der Waals surface area contributed by atoms with Crippen LogP contribution in [-0.2, 0) is 0 Å². The van der Waals surface area contributed by atoms with Gasteiger partial charge in [0.15, 0.2) is 11.5 Å². The molecule has 84 valence electrons. The fourth-order valence-corrected chi connectivity index (χ4v) is 1.94. The van der Waals surface area contributed by atoms with Crippen LogP contribution in [0.25, 0.3) is 17.0 Å². The first-order valence-electron chi connectivity index (χ1n) is 5.17. The van der Waals surface area contributed by atoms with Gasteiger partial charge in [-0.3, -0.25) is 9.38 Å². The molecule has 0 aromatic carbocycles. The van der Waals surface area contributed by atoms with E-state index in [2.05, 4.69) is 15.2 Å². The second-order valence-corrected chi connectivity index (χ2v) is 4.22. The third-order valence-corrected chi connectivity index (χ3v) is 2.88. The minimum absolute atomic E-state index is 0.572. The van der Waals surface area contributed by atoms with E-state index in [1.165, 1.54) is 0 Å². The summed E-state index contributed by atoms with van der Waals surface area (Å²) >= 11 is 6.10. The van der Waals surface area contributed by atoms with E-state index >= 15 is 0 Å². The van der Waals surface area contributed by atoms with Crippen LogP contribution in [-0.4, -0.2) is 19.6 Å². The number of aromatic nitrogens is 4. The zero-order chi connectivity index (χ0) is 11.8. The topological polar surface area (TPSA) is 43.1 Å². The van der Waals surface area contributed by atoms with Gasteiger partial charge in [-0.05, 0) is 30.7 Å². The summed E-state index contributed by atoms with van der Waals surface area (Å²) in [5.41, 5.74) is 2.79. The summed E-state index contributed by atoms with van der Waals surface area (Å²) in [5.74, 6) is 0.729. The lowest BCUT2D eigenvalue weighted by atomic mass is 10.2. The van der Waals surface area contributed by atoms with Gasteiger partial charge in [0.2, 0.25) is 0 Å². The monoisotopic (exact) mass is 244 g/mol. The molecular weight excluding hydrogens is 236 g/mol. The van der Waals surface area contributed by atoms with Gasteiger partial charge in [0.25, 0.3) is 0 Å². The quantitative estimate of drug-likeness (QED) is 0.661. The van der Waals surface area contributed by atoms with Crippen LogP contribution in [0.4, 0.5) is 0 Å². The van der Waals surface area contributed by atoms with Crippen molar-refractivity contribution in [1.82, 2.24) is 19.6 Å². The Balaban J connectivity index is 2.29. The molecule has 0 aliphatic heterocycles. The van der Waals surface area contributed by atoms with Crippen molar-refractivity contribution in [3.05, 3.63) is 47.4 Å². The molecule has 0 saturated heterocycles. The fourth-order valence-electron chi connectivity index (χ4n) is 1.73. The van der Waals surface area contributed by atoms with Crippen LogP contribution in [0.1, 0.15) is 5.56 Å². The maximum absolute atomic E-state index is 6.10. The second kappa shape index (κ2) is 3.82. The normalized spacial score (nSPS) is 10.9. The molecule has 0 aliphatic carbocycles. The summed E-state index contributed by atoms with van der Waals surface area (Å²) in [5, 5.41) is 8.87. The Morgan fingerprint density at radius 2 is 2.12 bits per heavy atom. The van der Waals surface area contributed by atoms with Crippen LogP contribution in [0.3, 0.4) is 0 Å². The molecule has 0 spiro atoms. The first-order chi connectivity index (χ1) is 8.25. The fraction of sp³-hybridized carbons (Fsp3) is 0.0833. The SMILES string of the molecule is Cc1ccn2c(-c3ccncc3Cl)nnc2c1. The number of halogens is 1. The highest BCUT2D eigenvalue weighted by Gasteiger charge is 2.10. The molecule has 0 unspecified atom stereocenters. The van der Waals surface area contributed by atoms with Gasteiger partial charge in [-0.15, -0.1) is 10.2 Å². The summed E-state index contributed by atoms with van der Waals surface area (Å²) < 4.78 is 1.91. The molecule has 0 radical (unpaired) electrons. The third-order valence-electron chi connectivity index (χ3n) is 2.58. The minimum Gasteiger partial charge on any atom is -0.282 e. The molecule has 3 aromatic heterocycles. The summed E-state index contributed by atoms with van der Waals surface area (Å²) in [4.78, 5) is 3.96. The van der Waals surface area contributed by atoms with Gasteiger partial charge in [0, 0.05) is 24.2 Å². The lowest BCUT2D eigenvalue weighted by Gasteiger charge is -2.01.